The molecule has 0 amide bonds. The van der Waals surface area contributed by atoms with Gasteiger partial charge in [-0.25, -0.2) is 0 Å². The second kappa shape index (κ2) is 6.39. The van der Waals surface area contributed by atoms with E-state index in [0.29, 0.717) is 6.54 Å². The van der Waals surface area contributed by atoms with Gasteiger partial charge in [0, 0.05) is 23.7 Å². The van der Waals surface area contributed by atoms with Crippen LogP contribution in [-0.4, -0.2) is 23.1 Å². The second-order valence-corrected chi connectivity index (χ2v) is 5.58. The number of rotatable bonds is 5. The van der Waals surface area contributed by atoms with Crippen LogP contribution in [0.1, 0.15) is 30.0 Å². The van der Waals surface area contributed by atoms with E-state index in [1.54, 1.807) is 0 Å². The zero-order valence-electron chi connectivity index (χ0n) is 12.0. The molecule has 0 bridgehead atoms. The molecule has 0 saturated heterocycles. The van der Waals surface area contributed by atoms with Crippen molar-refractivity contribution in [3.05, 3.63) is 52.4 Å². The van der Waals surface area contributed by atoms with Crippen LogP contribution in [0.15, 0.2) is 34.9 Å². The minimum absolute atomic E-state index is 0.0284. The lowest BCUT2D eigenvalue weighted by Gasteiger charge is -2.31. The maximum absolute atomic E-state index is 6.30. The Labute approximate surface area is 124 Å². The van der Waals surface area contributed by atoms with Crippen molar-refractivity contribution < 1.29 is 4.52 Å². The summed E-state index contributed by atoms with van der Waals surface area (Å²) >= 11 is 6.30. The Balaban J connectivity index is 2.22. The number of nitrogens with two attached hydrogens (primary N) is 1. The maximum Gasteiger partial charge on any atom is 0.133 e. The van der Waals surface area contributed by atoms with Crippen molar-refractivity contribution in [1.82, 2.24) is 10.1 Å². The number of halogens is 1. The molecule has 0 aliphatic carbocycles. The first-order valence-corrected chi connectivity index (χ1v) is 6.99. The molecule has 0 aliphatic heterocycles. The van der Waals surface area contributed by atoms with E-state index in [1.807, 2.05) is 51.2 Å². The van der Waals surface area contributed by atoms with E-state index in [1.165, 1.54) is 0 Å². The molecule has 2 unspecified atom stereocenters. The average Bonchev–Trinajstić information content (AvgIpc) is 2.77. The normalized spacial score (nSPS) is 14.5. The van der Waals surface area contributed by atoms with E-state index < -0.39 is 0 Å². The van der Waals surface area contributed by atoms with E-state index in [0.717, 1.165) is 22.0 Å². The van der Waals surface area contributed by atoms with Crippen LogP contribution in [0.25, 0.3) is 0 Å². The highest BCUT2D eigenvalue weighted by Gasteiger charge is 2.24. The van der Waals surface area contributed by atoms with Crippen molar-refractivity contribution in [2.45, 2.75) is 32.5 Å². The monoisotopic (exact) mass is 293 g/mol. The Bertz CT molecular complexity index is 568. The van der Waals surface area contributed by atoms with Crippen molar-refractivity contribution >= 4 is 11.6 Å². The van der Waals surface area contributed by atoms with Gasteiger partial charge in [0.25, 0.3) is 0 Å². The fraction of sp³-hybridized carbons (Fsp3) is 0.400. The second-order valence-electron chi connectivity index (χ2n) is 5.17. The molecule has 2 atom stereocenters. The molecule has 0 spiro atoms. The molecule has 1 aromatic heterocycles. The quantitative estimate of drug-likeness (QED) is 0.920. The minimum Gasteiger partial charge on any atom is -0.361 e. The van der Waals surface area contributed by atoms with Crippen molar-refractivity contribution in [2.75, 3.05) is 7.05 Å². The molecule has 20 heavy (non-hydrogen) atoms. The van der Waals surface area contributed by atoms with E-state index >= 15 is 0 Å². The summed E-state index contributed by atoms with van der Waals surface area (Å²) in [6, 6.07) is 9.71. The number of nitrogens with zero attached hydrogens (tertiary/aromatic N) is 2. The third kappa shape index (κ3) is 3.39. The molecule has 2 rings (SSSR count). The van der Waals surface area contributed by atoms with Crippen LogP contribution in [0, 0.1) is 6.92 Å². The summed E-state index contributed by atoms with van der Waals surface area (Å²) in [7, 11) is 2.02. The van der Waals surface area contributed by atoms with Crippen LogP contribution in [0.3, 0.4) is 0 Å². The molecular weight excluding hydrogens is 274 g/mol. The fourth-order valence-electron chi connectivity index (χ4n) is 2.48. The Hall–Kier alpha value is -1.36. The first kappa shape index (κ1) is 15.0. The molecule has 1 aromatic carbocycles. The van der Waals surface area contributed by atoms with Crippen LogP contribution in [0.4, 0.5) is 0 Å². The number of benzene rings is 1. The molecule has 0 aliphatic rings. The molecule has 0 saturated carbocycles. The maximum atomic E-state index is 6.30. The highest BCUT2D eigenvalue weighted by molar-refractivity contribution is 6.31. The fourth-order valence-corrected chi connectivity index (χ4v) is 2.73. The van der Waals surface area contributed by atoms with Gasteiger partial charge in [-0.3, -0.25) is 4.90 Å². The third-order valence-electron chi connectivity index (χ3n) is 3.28. The van der Waals surface area contributed by atoms with Gasteiger partial charge in [-0.1, -0.05) is 35.0 Å². The highest BCUT2D eigenvalue weighted by atomic mass is 35.5. The largest absolute Gasteiger partial charge is 0.361 e. The predicted octanol–water partition coefficient (Wildman–Crippen LogP) is 3.16. The van der Waals surface area contributed by atoms with Gasteiger partial charge in [0.15, 0.2) is 0 Å². The number of likely N-dealkylation sites (N-methyl/N-ethyl adjacent to an activating group) is 1. The van der Waals surface area contributed by atoms with E-state index in [9.17, 15) is 0 Å². The van der Waals surface area contributed by atoms with Crippen LogP contribution in [0.5, 0.6) is 0 Å². The van der Waals surface area contributed by atoms with Gasteiger partial charge in [-0.05, 0) is 32.5 Å². The summed E-state index contributed by atoms with van der Waals surface area (Å²) in [5.74, 6) is 0.809. The number of hydrogen-bond acceptors (Lipinski definition) is 4. The Morgan fingerprint density at radius 2 is 2.10 bits per heavy atom. The van der Waals surface area contributed by atoms with Crippen LogP contribution >= 0.6 is 11.6 Å². The van der Waals surface area contributed by atoms with Gasteiger partial charge >= 0.3 is 0 Å². The van der Waals surface area contributed by atoms with Crippen molar-refractivity contribution in [1.29, 1.82) is 0 Å². The summed E-state index contributed by atoms with van der Waals surface area (Å²) in [6.07, 6.45) is 0. The van der Waals surface area contributed by atoms with Crippen molar-refractivity contribution in [2.24, 2.45) is 5.73 Å². The summed E-state index contributed by atoms with van der Waals surface area (Å²) in [6.45, 7) is 4.53. The van der Waals surface area contributed by atoms with Gasteiger partial charge < -0.3 is 10.3 Å². The molecule has 5 heteroatoms. The zero-order valence-corrected chi connectivity index (χ0v) is 12.8. The lowest BCUT2D eigenvalue weighted by Crippen LogP contribution is -2.37. The molecule has 2 N–H and O–H groups in total. The molecular formula is C15H20ClN3O. The van der Waals surface area contributed by atoms with Crippen molar-refractivity contribution in [3.63, 3.8) is 0 Å². The first-order chi connectivity index (χ1) is 9.49. The zero-order chi connectivity index (χ0) is 14.7. The van der Waals surface area contributed by atoms with Crippen LogP contribution < -0.4 is 5.73 Å². The first-order valence-electron chi connectivity index (χ1n) is 6.61. The predicted molar refractivity (Wildman–Crippen MR) is 80.5 cm³/mol. The van der Waals surface area contributed by atoms with Crippen molar-refractivity contribution in [3.8, 4) is 0 Å². The smallest absolute Gasteiger partial charge is 0.133 e. The van der Waals surface area contributed by atoms with Crippen LogP contribution in [-0.2, 0) is 6.54 Å². The number of aromatic nitrogens is 1. The molecule has 0 fully saturated rings. The lowest BCUT2D eigenvalue weighted by atomic mass is 9.99. The van der Waals surface area contributed by atoms with Gasteiger partial charge in [-0.2, -0.15) is 0 Å². The molecule has 0 radical (unpaired) electrons. The third-order valence-corrected chi connectivity index (χ3v) is 3.63. The van der Waals surface area contributed by atoms with Gasteiger partial charge in [0.2, 0.25) is 0 Å². The van der Waals surface area contributed by atoms with E-state index in [-0.39, 0.29) is 12.1 Å². The summed E-state index contributed by atoms with van der Waals surface area (Å²) in [5.41, 5.74) is 8.08. The molecule has 108 valence electrons. The summed E-state index contributed by atoms with van der Waals surface area (Å²) in [5, 5.41) is 4.76. The Morgan fingerprint density at radius 1 is 1.40 bits per heavy atom. The highest BCUT2D eigenvalue weighted by Crippen LogP contribution is 2.29. The number of hydrogen-bond donors (Lipinski definition) is 1. The topological polar surface area (TPSA) is 55.3 Å². The minimum atomic E-state index is -0.0482. The Morgan fingerprint density at radius 3 is 2.65 bits per heavy atom. The van der Waals surface area contributed by atoms with Gasteiger partial charge in [0.1, 0.15) is 5.76 Å². The number of aryl methyl sites for hydroxylation is 1. The van der Waals surface area contributed by atoms with Gasteiger partial charge in [-0.15, -0.1) is 0 Å². The lowest BCUT2D eigenvalue weighted by molar-refractivity contribution is 0.205. The van der Waals surface area contributed by atoms with E-state index in [4.69, 9.17) is 21.9 Å². The molecule has 1 heterocycles. The summed E-state index contributed by atoms with van der Waals surface area (Å²) < 4.78 is 5.10. The SMILES string of the molecule is Cc1cc(CN(C)C(c2ccccc2Cl)C(C)N)no1. The summed E-state index contributed by atoms with van der Waals surface area (Å²) in [4.78, 5) is 2.14. The van der Waals surface area contributed by atoms with Gasteiger partial charge in [0.05, 0.1) is 11.7 Å². The Kier molecular flexibility index (Phi) is 4.81. The molecule has 4 nitrogen and oxygen atoms in total. The van der Waals surface area contributed by atoms with Crippen LogP contribution in [0.2, 0.25) is 5.02 Å². The van der Waals surface area contributed by atoms with E-state index in [2.05, 4.69) is 10.1 Å². The average molecular weight is 294 g/mol. The molecule has 2 aromatic rings. The standard InChI is InChI=1S/C15H20ClN3O/c1-10-8-12(18-20-10)9-19(3)15(11(2)17)13-6-4-5-7-14(13)16/h4-8,11,15H,9,17H2,1-3H3.